The Bertz CT molecular complexity index is 660. The van der Waals surface area contributed by atoms with E-state index in [0.29, 0.717) is 11.7 Å². The molecule has 2 aromatic rings. The van der Waals surface area contributed by atoms with Crippen molar-refractivity contribution < 1.29 is 18.7 Å². The molecule has 108 valence electrons. The lowest BCUT2D eigenvalue weighted by Gasteiger charge is -2.08. The van der Waals surface area contributed by atoms with Crippen LogP contribution in [0.25, 0.3) is 0 Å². The van der Waals surface area contributed by atoms with Gasteiger partial charge in [-0.15, -0.1) is 0 Å². The zero-order chi connectivity index (χ0) is 14.8. The largest absolute Gasteiger partial charge is 0.465 e. The lowest BCUT2D eigenvalue weighted by molar-refractivity contribution is 0.0600. The van der Waals surface area contributed by atoms with E-state index in [9.17, 15) is 9.18 Å². The molecule has 1 saturated carbocycles. The number of rotatable bonds is 4. The summed E-state index contributed by atoms with van der Waals surface area (Å²) in [5.41, 5.74) is 1.45. The lowest BCUT2D eigenvalue weighted by atomic mass is 10.1. The van der Waals surface area contributed by atoms with Crippen LogP contribution >= 0.6 is 0 Å². The smallest absolute Gasteiger partial charge is 0.337 e. The van der Waals surface area contributed by atoms with E-state index in [1.165, 1.54) is 37.6 Å². The minimum absolute atomic E-state index is 0.0850. The Labute approximate surface area is 122 Å². The van der Waals surface area contributed by atoms with E-state index >= 15 is 0 Å². The summed E-state index contributed by atoms with van der Waals surface area (Å²) in [4.78, 5) is 11.3. The van der Waals surface area contributed by atoms with Crippen LogP contribution in [0.4, 0.5) is 4.39 Å². The van der Waals surface area contributed by atoms with Crippen molar-refractivity contribution in [1.29, 1.82) is 0 Å². The van der Waals surface area contributed by atoms with Crippen LogP contribution in [0.5, 0.6) is 11.5 Å². The molecule has 0 radical (unpaired) electrons. The molecule has 0 heterocycles. The van der Waals surface area contributed by atoms with Gasteiger partial charge in [0.1, 0.15) is 5.75 Å². The van der Waals surface area contributed by atoms with Gasteiger partial charge in [-0.3, -0.25) is 0 Å². The summed E-state index contributed by atoms with van der Waals surface area (Å²) in [5, 5.41) is 0. The van der Waals surface area contributed by atoms with E-state index in [4.69, 9.17) is 4.74 Å². The molecular weight excluding hydrogens is 271 g/mol. The predicted molar refractivity (Wildman–Crippen MR) is 76.2 cm³/mol. The van der Waals surface area contributed by atoms with Crippen molar-refractivity contribution in [2.75, 3.05) is 7.11 Å². The number of carbonyl (C=O) groups is 1. The van der Waals surface area contributed by atoms with E-state index in [0.717, 1.165) is 6.07 Å². The summed E-state index contributed by atoms with van der Waals surface area (Å²) < 4.78 is 24.0. The summed E-state index contributed by atoms with van der Waals surface area (Å²) in [6.45, 7) is 0. The highest BCUT2D eigenvalue weighted by Gasteiger charge is 2.23. The zero-order valence-electron chi connectivity index (χ0n) is 11.6. The van der Waals surface area contributed by atoms with Gasteiger partial charge in [0.05, 0.1) is 12.7 Å². The Balaban J connectivity index is 1.76. The molecule has 21 heavy (non-hydrogen) atoms. The molecule has 0 saturated heterocycles. The summed E-state index contributed by atoms with van der Waals surface area (Å²) >= 11 is 0. The van der Waals surface area contributed by atoms with Crippen molar-refractivity contribution in [2.24, 2.45) is 0 Å². The molecule has 4 heteroatoms. The highest BCUT2D eigenvalue weighted by Crippen LogP contribution is 2.40. The van der Waals surface area contributed by atoms with Gasteiger partial charge in [0.15, 0.2) is 11.6 Å². The quantitative estimate of drug-likeness (QED) is 0.787. The number of hydrogen-bond acceptors (Lipinski definition) is 3. The van der Waals surface area contributed by atoms with E-state index in [1.807, 2.05) is 24.3 Å². The fourth-order valence-electron chi connectivity index (χ4n) is 2.18. The molecule has 0 unspecified atom stereocenters. The van der Waals surface area contributed by atoms with Crippen LogP contribution in [0, 0.1) is 5.82 Å². The molecule has 3 nitrogen and oxygen atoms in total. The highest BCUT2D eigenvalue weighted by molar-refractivity contribution is 5.89. The Morgan fingerprint density at radius 3 is 2.43 bits per heavy atom. The molecule has 0 aromatic heterocycles. The van der Waals surface area contributed by atoms with Gasteiger partial charge in [-0.05, 0) is 54.7 Å². The number of halogens is 1. The maximum absolute atomic E-state index is 13.9. The van der Waals surface area contributed by atoms with E-state index < -0.39 is 11.8 Å². The highest BCUT2D eigenvalue weighted by atomic mass is 19.1. The predicted octanol–water partition coefficient (Wildman–Crippen LogP) is 4.28. The van der Waals surface area contributed by atoms with Gasteiger partial charge in [0.2, 0.25) is 0 Å². The molecule has 1 fully saturated rings. The van der Waals surface area contributed by atoms with Crippen LogP contribution in [-0.4, -0.2) is 13.1 Å². The second-order valence-electron chi connectivity index (χ2n) is 5.08. The number of esters is 1. The molecular formula is C17H15FO3. The van der Waals surface area contributed by atoms with Crippen LogP contribution in [0.1, 0.15) is 34.7 Å². The second-order valence-corrected chi connectivity index (χ2v) is 5.08. The Hall–Kier alpha value is -2.36. The topological polar surface area (TPSA) is 35.5 Å². The van der Waals surface area contributed by atoms with Crippen LogP contribution < -0.4 is 4.74 Å². The fourth-order valence-corrected chi connectivity index (χ4v) is 2.18. The van der Waals surface area contributed by atoms with Crippen LogP contribution in [-0.2, 0) is 4.74 Å². The van der Waals surface area contributed by atoms with Gasteiger partial charge in [0.25, 0.3) is 0 Å². The number of methoxy groups -OCH3 is 1. The molecule has 0 N–H and O–H groups in total. The first-order valence-electron chi connectivity index (χ1n) is 6.83. The number of hydrogen-bond donors (Lipinski definition) is 0. The van der Waals surface area contributed by atoms with Crippen molar-refractivity contribution in [3.63, 3.8) is 0 Å². The van der Waals surface area contributed by atoms with Crippen molar-refractivity contribution in [1.82, 2.24) is 0 Å². The Morgan fingerprint density at radius 1 is 1.14 bits per heavy atom. The molecule has 0 atom stereocenters. The van der Waals surface area contributed by atoms with Gasteiger partial charge in [0, 0.05) is 0 Å². The minimum atomic E-state index is -0.593. The summed E-state index contributed by atoms with van der Waals surface area (Å²) in [7, 11) is 1.26. The van der Waals surface area contributed by atoms with Crippen LogP contribution in [0.3, 0.4) is 0 Å². The summed E-state index contributed by atoms with van der Waals surface area (Å²) in [6.07, 6.45) is 2.48. The van der Waals surface area contributed by atoms with E-state index in [1.54, 1.807) is 0 Å². The third kappa shape index (κ3) is 3.05. The maximum Gasteiger partial charge on any atom is 0.337 e. The standard InChI is InChI=1S/C17H15FO3/c1-20-17(19)13-6-9-16(15(18)10-13)21-14-7-4-12(5-8-14)11-2-3-11/h4-11H,2-3H2,1H3. The molecule has 0 amide bonds. The van der Waals surface area contributed by atoms with Gasteiger partial charge < -0.3 is 9.47 Å². The number of benzene rings is 2. The number of ether oxygens (including phenoxy) is 2. The van der Waals surface area contributed by atoms with Crippen molar-refractivity contribution in [3.8, 4) is 11.5 Å². The monoisotopic (exact) mass is 286 g/mol. The molecule has 1 aliphatic rings. The van der Waals surface area contributed by atoms with Gasteiger partial charge >= 0.3 is 5.97 Å². The number of carbonyl (C=O) groups excluding carboxylic acids is 1. The molecule has 3 rings (SSSR count). The van der Waals surface area contributed by atoms with Gasteiger partial charge in [-0.2, -0.15) is 0 Å². The van der Waals surface area contributed by atoms with Crippen molar-refractivity contribution in [2.45, 2.75) is 18.8 Å². The normalized spacial score (nSPS) is 13.8. The molecule has 2 aromatic carbocycles. The van der Waals surface area contributed by atoms with Crippen molar-refractivity contribution in [3.05, 3.63) is 59.4 Å². The Morgan fingerprint density at radius 2 is 1.86 bits per heavy atom. The molecule has 0 aliphatic heterocycles. The van der Waals surface area contributed by atoms with Crippen LogP contribution in [0.15, 0.2) is 42.5 Å². The summed E-state index contributed by atoms with van der Waals surface area (Å²) in [5.74, 6) is 0.166. The first-order valence-corrected chi connectivity index (χ1v) is 6.83. The SMILES string of the molecule is COC(=O)c1ccc(Oc2ccc(C3CC3)cc2)c(F)c1. The van der Waals surface area contributed by atoms with Crippen LogP contribution in [0.2, 0.25) is 0 Å². The Kier molecular flexibility index (Phi) is 3.60. The minimum Gasteiger partial charge on any atom is -0.465 e. The molecule has 0 spiro atoms. The van der Waals surface area contributed by atoms with E-state index in [2.05, 4.69) is 4.74 Å². The average molecular weight is 286 g/mol. The van der Waals surface area contributed by atoms with Crippen molar-refractivity contribution >= 4 is 5.97 Å². The maximum atomic E-state index is 13.9. The van der Waals surface area contributed by atoms with Gasteiger partial charge in [-0.25, -0.2) is 9.18 Å². The zero-order valence-corrected chi connectivity index (χ0v) is 11.6. The second kappa shape index (κ2) is 5.56. The van der Waals surface area contributed by atoms with E-state index in [-0.39, 0.29) is 11.3 Å². The average Bonchev–Trinajstić information content (AvgIpc) is 3.34. The first-order chi connectivity index (χ1) is 10.2. The van der Waals surface area contributed by atoms with Gasteiger partial charge in [-0.1, -0.05) is 12.1 Å². The third-order valence-electron chi connectivity index (χ3n) is 3.51. The lowest BCUT2D eigenvalue weighted by Crippen LogP contribution is -2.02. The fraction of sp³-hybridized carbons (Fsp3) is 0.235. The third-order valence-corrected chi connectivity index (χ3v) is 3.51. The molecule has 0 bridgehead atoms. The molecule has 1 aliphatic carbocycles. The summed E-state index contributed by atoms with van der Waals surface area (Å²) in [6, 6.07) is 11.7. The first kappa shape index (κ1) is 13.6.